The zero-order valence-corrected chi connectivity index (χ0v) is 25.9. The molecule has 0 aromatic carbocycles. The van der Waals surface area contributed by atoms with Crippen LogP contribution in [0.5, 0.6) is 0 Å². The van der Waals surface area contributed by atoms with Crippen molar-refractivity contribution in [1.29, 1.82) is 0 Å². The molecule has 0 N–H and O–H groups in total. The summed E-state index contributed by atoms with van der Waals surface area (Å²) in [5, 5.41) is 7.42. The summed E-state index contributed by atoms with van der Waals surface area (Å²) >= 11 is 8.07. The fourth-order valence-corrected chi connectivity index (χ4v) is 13.2. The molecule has 2 aliphatic rings. The van der Waals surface area contributed by atoms with E-state index < -0.39 is 35.0 Å². The first-order valence-electron chi connectivity index (χ1n) is 12.7. The molecule has 0 amide bonds. The normalized spacial score (nSPS) is 22.8. The predicted octanol–water partition coefficient (Wildman–Crippen LogP) is 11.9. The van der Waals surface area contributed by atoms with Crippen LogP contribution in [-0.2, 0) is 5.41 Å². The van der Waals surface area contributed by atoms with Crippen molar-refractivity contribution in [1.82, 2.24) is 0 Å². The Morgan fingerprint density at radius 1 is 0.500 bits per heavy atom. The topological polar surface area (TPSA) is 0 Å². The van der Waals surface area contributed by atoms with Gasteiger partial charge in [-0.3, -0.25) is 0 Å². The van der Waals surface area contributed by atoms with Crippen molar-refractivity contribution in [3.8, 4) is 19.5 Å². The van der Waals surface area contributed by atoms with Crippen LogP contribution >= 0.6 is 68.0 Å². The summed E-state index contributed by atoms with van der Waals surface area (Å²) in [6.45, 7) is 0. The van der Waals surface area contributed by atoms with Gasteiger partial charge in [-0.25, -0.2) is 0 Å². The number of hydrogen-bond acceptors (Lipinski definition) is 6. The Morgan fingerprint density at radius 2 is 0.905 bits per heavy atom. The molecule has 6 aromatic heterocycles. The number of fused-ring (bicyclic) bond motifs is 5. The Labute approximate surface area is 260 Å². The van der Waals surface area contributed by atoms with E-state index in [9.17, 15) is 0 Å². The van der Waals surface area contributed by atoms with Gasteiger partial charge in [0.1, 0.15) is 5.41 Å². The number of halogens is 6. The number of rotatable bonds is 4. The van der Waals surface area contributed by atoms with Crippen molar-refractivity contribution in [3.05, 3.63) is 113 Å². The van der Waals surface area contributed by atoms with E-state index in [-0.39, 0.29) is 11.1 Å². The third kappa shape index (κ3) is 3.34. The molecule has 0 radical (unpaired) electrons. The predicted molar refractivity (Wildman–Crippen MR) is 163 cm³/mol. The van der Waals surface area contributed by atoms with E-state index in [0.29, 0.717) is 19.5 Å². The fraction of sp³-hybridized carbons (Fsp3) is 0.200. The Balaban J connectivity index is 1.58. The highest BCUT2D eigenvalue weighted by molar-refractivity contribution is 7.23. The highest BCUT2D eigenvalue weighted by atomic mass is 32.1. The minimum Gasteiger partial charge on any atom is -0.199 e. The van der Waals surface area contributed by atoms with Gasteiger partial charge in [-0.15, -0.1) is 68.0 Å². The zero-order valence-electron chi connectivity index (χ0n) is 21.0. The van der Waals surface area contributed by atoms with Gasteiger partial charge in [-0.2, -0.15) is 26.3 Å². The Hall–Kier alpha value is -2.22. The lowest BCUT2D eigenvalue weighted by atomic mass is 9.78. The molecule has 8 rings (SSSR count). The monoisotopic (exact) mass is 682 g/mol. The van der Waals surface area contributed by atoms with Crippen LogP contribution in [-0.4, -0.2) is 17.8 Å². The molecule has 42 heavy (non-hydrogen) atoms. The van der Waals surface area contributed by atoms with E-state index in [1.165, 1.54) is 80.2 Å². The van der Waals surface area contributed by atoms with Crippen LogP contribution in [0.2, 0.25) is 0 Å². The van der Waals surface area contributed by atoms with Crippen LogP contribution in [0.25, 0.3) is 19.5 Å². The summed E-state index contributed by atoms with van der Waals surface area (Å²) in [6, 6.07) is 17.7. The maximum atomic E-state index is 16.1. The van der Waals surface area contributed by atoms with Crippen molar-refractivity contribution in [3.63, 3.8) is 0 Å². The third-order valence-electron chi connectivity index (χ3n) is 8.13. The van der Waals surface area contributed by atoms with E-state index in [2.05, 4.69) is 0 Å². The lowest BCUT2D eigenvalue weighted by Crippen LogP contribution is -2.48. The fourth-order valence-electron chi connectivity index (χ4n) is 6.38. The maximum Gasteiger partial charge on any atom is 0.373 e. The summed E-state index contributed by atoms with van der Waals surface area (Å²) in [5.41, 5.74) is -1.48. The number of hydrogen-bond donors (Lipinski definition) is 0. The molecule has 0 spiro atoms. The van der Waals surface area contributed by atoms with Gasteiger partial charge in [0, 0.05) is 39.0 Å². The first kappa shape index (κ1) is 27.3. The lowest BCUT2D eigenvalue weighted by Gasteiger charge is -2.33. The SMILES string of the molecule is FC1(F)C2c3cc(-c4cccs4)sc3C(c3cccs3)(c3cccs3)c3sc(-c4cccs4)cc3C2C(F)(F)C1(F)F. The molecule has 1 fully saturated rings. The molecule has 12 heteroatoms. The van der Waals surface area contributed by atoms with E-state index in [4.69, 9.17) is 0 Å². The van der Waals surface area contributed by atoms with Gasteiger partial charge in [-0.1, -0.05) is 24.3 Å². The summed E-state index contributed by atoms with van der Waals surface area (Å²) in [4.78, 5) is 5.06. The van der Waals surface area contributed by atoms with Crippen molar-refractivity contribution in [2.45, 2.75) is 35.0 Å². The lowest BCUT2D eigenvalue weighted by molar-refractivity contribution is -0.275. The molecule has 0 nitrogen and oxygen atoms in total. The van der Waals surface area contributed by atoms with Gasteiger partial charge in [0.25, 0.3) is 0 Å². The second-order valence-electron chi connectivity index (χ2n) is 10.2. The molecule has 6 aromatic rings. The van der Waals surface area contributed by atoms with Crippen LogP contribution < -0.4 is 0 Å². The average molecular weight is 683 g/mol. The molecular weight excluding hydrogens is 667 g/mol. The molecule has 1 saturated carbocycles. The zero-order chi connectivity index (χ0) is 29.1. The van der Waals surface area contributed by atoms with Gasteiger partial charge in [-0.05, 0) is 69.0 Å². The first-order chi connectivity index (χ1) is 20.1. The highest BCUT2D eigenvalue weighted by Crippen LogP contribution is 2.74. The minimum atomic E-state index is -5.54. The molecule has 0 aliphatic heterocycles. The Kier molecular flexibility index (Phi) is 5.96. The van der Waals surface area contributed by atoms with E-state index >= 15 is 26.3 Å². The van der Waals surface area contributed by atoms with Crippen LogP contribution in [0.15, 0.2) is 82.2 Å². The molecule has 2 aliphatic carbocycles. The third-order valence-corrected chi connectivity index (χ3v) is 14.8. The molecule has 0 saturated heterocycles. The standard InChI is InChI=1S/C30H16F6S6/c31-28(32)23-15-13-19(17-5-1-9-37-17)41-25(15)27(21-7-3-11-39-21,22-8-4-12-40-22)26-16(24(23)29(33,34)30(28,35)36)14-20(42-26)18-6-2-10-38-18/h1-14,23-24H. The maximum absolute atomic E-state index is 16.1. The van der Waals surface area contributed by atoms with Gasteiger partial charge in [0.15, 0.2) is 0 Å². The smallest absolute Gasteiger partial charge is 0.199 e. The molecule has 214 valence electrons. The van der Waals surface area contributed by atoms with Crippen LogP contribution in [0.1, 0.15) is 42.5 Å². The Bertz CT molecular complexity index is 1740. The number of alkyl halides is 6. The van der Waals surface area contributed by atoms with Gasteiger partial charge in [0.2, 0.25) is 0 Å². The average Bonchev–Trinajstić information content (AvgIpc) is 3.79. The largest absolute Gasteiger partial charge is 0.373 e. The summed E-state index contributed by atoms with van der Waals surface area (Å²) in [5.74, 6) is -20.4. The number of thiophene rings is 6. The summed E-state index contributed by atoms with van der Waals surface area (Å²) in [6.07, 6.45) is 0. The quantitative estimate of drug-likeness (QED) is 0.162. The molecule has 6 heterocycles. The minimum absolute atomic E-state index is 0.127. The first-order valence-corrected chi connectivity index (χ1v) is 17.8. The van der Waals surface area contributed by atoms with Crippen molar-refractivity contribution in [2.24, 2.45) is 0 Å². The van der Waals surface area contributed by atoms with Crippen LogP contribution in [0, 0.1) is 0 Å². The van der Waals surface area contributed by atoms with E-state index in [0.717, 1.165) is 19.5 Å². The van der Waals surface area contributed by atoms with E-state index in [1.807, 2.05) is 70.1 Å². The second-order valence-corrected chi connectivity index (χ2v) is 16.1. The highest BCUT2D eigenvalue weighted by Gasteiger charge is 2.86. The molecule has 2 unspecified atom stereocenters. The Morgan fingerprint density at radius 3 is 1.26 bits per heavy atom. The van der Waals surface area contributed by atoms with Crippen molar-refractivity contribution in [2.75, 3.05) is 0 Å². The molecular formula is C30H16F6S6. The van der Waals surface area contributed by atoms with Crippen molar-refractivity contribution < 1.29 is 26.3 Å². The summed E-state index contributed by atoms with van der Waals surface area (Å²) in [7, 11) is 0. The second kappa shape index (κ2) is 9.15. The van der Waals surface area contributed by atoms with Crippen molar-refractivity contribution >= 4 is 68.0 Å². The van der Waals surface area contributed by atoms with Gasteiger partial charge >= 0.3 is 17.8 Å². The van der Waals surface area contributed by atoms with Gasteiger partial charge in [0.05, 0.1) is 11.8 Å². The molecule has 2 atom stereocenters. The summed E-state index contributed by atoms with van der Waals surface area (Å²) < 4.78 is 94.9. The van der Waals surface area contributed by atoms with Gasteiger partial charge < -0.3 is 0 Å². The van der Waals surface area contributed by atoms with E-state index in [1.54, 1.807) is 0 Å². The van der Waals surface area contributed by atoms with Crippen LogP contribution in [0.3, 0.4) is 0 Å². The van der Waals surface area contributed by atoms with Crippen LogP contribution in [0.4, 0.5) is 26.3 Å². The molecule has 0 bridgehead atoms.